The van der Waals surface area contributed by atoms with E-state index in [0.29, 0.717) is 12.8 Å². The zero-order chi connectivity index (χ0) is 26.3. The van der Waals surface area contributed by atoms with E-state index in [2.05, 4.69) is 53.8 Å². The van der Waals surface area contributed by atoms with Crippen molar-refractivity contribution in [1.29, 1.82) is 0 Å². The Kier molecular flexibility index (Phi) is 8.65. The molecule has 0 saturated carbocycles. The summed E-state index contributed by atoms with van der Waals surface area (Å²) in [6, 6.07) is 28.7. The molecule has 1 amide bonds. The first-order chi connectivity index (χ1) is 17.8. The van der Waals surface area contributed by atoms with Gasteiger partial charge in [-0.15, -0.1) is 0 Å². The molecule has 37 heavy (non-hydrogen) atoms. The smallest absolute Gasteiger partial charge is 0.407 e. The van der Waals surface area contributed by atoms with Crippen molar-refractivity contribution in [2.75, 3.05) is 6.61 Å². The van der Waals surface area contributed by atoms with Gasteiger partial charge in [0.05, 0.1) is 12.5 Å². The van der Waals surface area contributed by atoms with Crippen LogP contribution in [0.1, 0.15) is 43.0 Å². The van der Waals surface area contributed by atoms with Crippen LogP contribution in [-0.4, -0.2) is 30.3 Å². The maximum atomic E-state index is 12.8. The summed E-state index contributed by atoms with van der Waals surface area (Å²) in [5, 5.41) is 3.05. The Morgan fingerprint density at radius 3 is 2.00 bits per heavy atom. The maximum Gasteiger partial charge on any atom is 0.407 e. The van der Waals surface area contributed by atoms with Crippen LogP contribution in [0.2, 0.25) is 0 Å². The van der Waals surface area contributed by atoms with E-state index in [0.717, 1.165) is 24.0 Å². The Labute approximate surface area is 220 Å². The van der Waals surface area contributed by atoms with Crippen molar-refractivity contribution >= 4 is 12.1 Å². The molecule has 1 aliphatic heterocycles. The van der Waals surface area contributed by atoms with Gasteiger partial charge < -0.3 is 14.8 Å². The molecule has 0 aromatic heterocycles. The summed E-state index contributed by atoms with van der Waals surface area (Å²) in [5.74, 6) is -0.695. The molecule has 5 nitrogen and oxygen atoms in total. The molecule has 194 valence electrons. The summed E-state index contributed by atoms with van der Waals surface area (Å²) in [6.45, 7) is 5.81. The molecular weight excluding hydrogens is 462 g/mol. The fourth-order valence-corrected chi connectivity index (χ4v) is 4.87. The number of hydrogen-bond donors (Lipinski definition) is 1. The number of ether oxygens (including phenoxy) is 2. The van der Waals surface area contributed by atoms with E-state index in [1.54, 1.807) is 0 Å². The summed E-state index contributed by atoms with van der Waals surface area (Å²) in [7, 11) is 0. The minimum absolute atomic E-state index is 0.155. The zero-order valence-corrected chi connectivity index (χ0v) is 22.0. The fourth-order valence-electron chi connectivity index (χ4n) is 4.87. The number of carbonyl (C=O) groups excluding carboxylic acids is 2. The van der Waals surface area contributed by atoms with Gasteiger partial charge >= 0.3 is 12.1 Å². The molecule has 3 aromatic carbocycles. The normalized spacial score (nSPS) is 18.2. The van der Waals surface area contributed by atoms with Crippen LogP contribution >= 0.6 is 0 Å². The van der Waals surface area contributed by atoms with Crippen LogP contribution in [0, 0.1) is 11.8 Å². The molecule has 0 bridgehead atoms. The Morgan fingerprint density at radius 2 is 1.41 bits per heavy atom. The first kappa shape index (κ1) is 26.5. The lowest BCUT2D eigenvalue weighted by molar-refractivity contribution is -0.141. The molecule has 1 N–H and O–H groups in total. The molecule has 3 aromatic rings. The number of nitrogens with one attached hydrogen (secondary N) is 1. The molecule has 4 rings (SSSR count). The molecule has 1 fully saturated rings. The van der Waals surface area contributed by atoms with Gasteiger partial charge in [-0.05, 0) is 68.7 Å². The Morgan fingerprint density at radius 1 is 0.865 bits per heavy atom. The molecule has 0 aliphatic carbocycles. The molecule has 0 radical (unpaired) electrons. The van der Waals surface area contributed by atoms with Crippen LogP contribution in [0.15, 0.2) is 84.9 Å². The van der Waals surface area contributed by atoms with Gasteiger partial charge in [-0.1, -0.05) is 84.9 Å². The first-order valence-electron chi connectivity index (χ1n) is 13.1. The van der Waals surface area contributed by atoms with Crippen LogP contribution in [0.25, 0.3) is 0 Å². The number of alkyl carbamates (subject to hydrolysis) is 1. The number of aryl methyl sites for hydroxylation is 2. The van der Waals surface area contributed by atoms with Crippen molar-refractivity contribution in [2.45, 2.75) is 58.1 Å². The summed E-state index contributed by atoms with van der Waals surface area (Å²) in [6.07, 6.45) is 2.65. The summed E-state index contributed by atoms with van der Waals surface area (Å²) < 4.78 is 11.1. The topological polar surface area (TPSA) is 64.6 Å². The highest BCUT2D eigenvalue weighted by Gasteiger charge is 2.42. The van der Waals surface area contributed by atoms with Gasteiger partial charge in [0, 0.05) is 12.0 Å². The van der Waals surface area contributed by atoms with Crippen LogP contribution in [0.5, 0.6) is 0 Å². The number of cyclic esters (lactones) is 1. The molecule has 0 spiro atoms. The fraction of sp³-hybridized carbons (Fsp3) is 0.375. The minimum atomic E-state index is -0.606. The number of amides is 1. The largest absolute Gasteiger partial charge is 0.465 e. The van der Waals surface area contributed by atoms with Gasteiger partial charge in [0.15, 0.2) is 0 Å². The van der Waals surface area contributed by atoms with Crippen molar-refractivity contribution in [3.8, 4) is 0 Å². The molecule has 1 aliphatic rings. The van der Waals surface area contributed by atoms with E-state index in [4.69, 9.17) is 9.47 Å². The Bertz CT molecular complexity index is 1150. The van der Waals surface area contributed by atoms with Gasteiger partial charge in [0.1, 0.15) is 5.60 Å². The summed E-state index contributed by atoms with van der Waals surface area (Å²) in [4.78, 5) is 25.5. The summed E-state index contributed by atoms with van der Waals surface area (Å²) in [5.41, 5.74) is 4.17. The summed E-state index contributed by atoms with van der Waals surface area (Å²) >= 11 is 0. The lowest BCUT2D eigenvalue weighted by Crippen LogP contribution is -2.46. The number of hydrogen-bond acceptors (Lipinski definition) is 4. The van der Waals surface area contributed by atoms with E-state index in [9.17, 15) is 9.59 Å². The van der Waals surface area contributed by atoms with Gasteiger partial charge in [-0.25, -0.2) is 4.79 Å². The second-order valence-electron chi connectivity index (χ2n) is 10.8. The molecule has 1 heterocycles. The number of rotatable bonds is 9. The third-order valence-corrected chi connectivity index (χ3v) is 6.78. The Balaban J connectivity index is 1.45. The third-order valence-electron chi connectivity index (χ3n) is 6.78. The van der Waals surface area contributed by atoms with Crippen molar-refractivity contribution < 1.29 is 19.1 Å². The second kappa shape index (κ2) is 12.1. The van der Waals surface area contributed by atoms with Gasteiger partial charge in [0.25, 0.3) is 0 Å². The van der Waals surface area contributed by atoms with Crippen LogP contribution in [0.4, 0.5) is 4.79 Å². The monoisotopic (exact) mass is 499 g/mol. The van der Waals surface area contributed by atoms with Gasteiger partial charge in [-0.2, -0.15) is 0 Å². The first-order valence-corrected chi connectivity index (χ1v) is 13.1. The quantitative estimate of drug-likeness (QED) is 0.370. The van der Waals surface area contributed by atoms with Crippen molar-refractivity contribution in [3.05, 3.63) is 107 Å². The molecule has 3 atom stereocenters. The lowest BCUT2D eigenvalue weighted by Gasteiger charge is -2.29. The van der Waals surface area contributed by atoms with Gasteiger partial charge in [0.2, 0.25) is 0 Å². The van der Waals surface area contributed by atoms with E-state index in [1.165, 1.54) is 11.1 Å². The Hall–Kier alpha value is -3.60. The zero-order valence-electron chi connectivity index (χ0n) is 22.0. The van der Waals surface area contributed by atoms with Crippen molar-refractivity contribution in [3.63, 3.8) is 0 Å². The average molecular weight is 500 g/mol. The maximum absolute atomic E-state index is 12.8. The number of benzene rings is 3. The minimum Gasteiger partial charge on any atom is -0.465 e. The molecule has 5 heteroatoms. The highest BCUT2D eigenvalue weighted by Crippen LogP contribution is 2.31. The predicted molar refractivity (Wildman–Crippen MR) is 145 cm³/mol. The third kappa shape index (κ3) is 7.94. The second-order valence-corrected chi connectivity index (χ2v) is 10.8. The number of esters is 1. The van der Waals surface area contributed by atoms with Gasteiger partial charge in [-0.3, -0.25) is 4.79 Å². The standard InChI is InChI=1S/C32H37NO4/c1-32(2,3)37-31(35)33-29(21-25-12-8-5-9-13-25)28-22-36-30(34)27(28)20-26-18-16-24(17-19-26)15-14-23-10-6-4-7-11-23/h4-13,16-19,27-29H,14-15,20-22H2,1-3H3,(H,33,35)/t27-,28?,29+/m1/s1. The highest BCUT2D eigenvalue weighted by atomic mass is 16.6. The molecule has 1 unspecified atom stereocenters. The van der Waals surface area contributed by atoms with E-state index in [1.807, 2.05) is 57.2 Å². The van der Waals surface area contributed by atoms with Crippen LogP contribution in [-0.2, 0) is 40.0 Å². The lowest BCUT2D eigenvalue weighted by atomic mass is 9.81. The van der Waals surface area contributed by atoms with Crippen molar-refractivity contribution in [1.82, 2.24) is 5.32 Å². The highest BCUT2D eigenvalue weighted by molar-refractivity contribution is 5.76. The van der Waals surface area contributed by atoms with E-state index in [-0.39, 0.29) is 30.5 Å². The van der Waals surface area contributed by atoms with E-state index < -0.39 is 11.7 Å². The van der Waals surface area contributed by atoms with E-state index >= 15 is 0 Å². The SMILES string of the molecule is CC(C)(C)OC(=O)N[C@@H](Cc1ccccc1)C1COC(=O)[C@@H]1Cc1ccc(CCc2ccccc2)cc1. The van der Waals surface area contributed by atoms with Crippen LogP contribution in [0.3, 0.4) is 0 Å². The van der Waals surface area contributed by atoms with Crippen LogP contribution < -0.4 is 5.32 Å². The molecular formula is C32H37NO4. The number of carbonyl (C=O) groups is 2. The average Bonchev–Trinajstić information content (AvgIpc) is 3.23. The predicted octanol–water partition coefficient (Wildman–Crippen LogP) is 5.94. The molecule has 1 saturated heterocycles. The van der Waals surface area contributed by atoms with Crippen molar-refractivity contribution in [2.24, 2.45) is 11.8 Å².